The predicted octanol–water partition coefficient (Wildman–Crippen LogP) is 6.33. The van der Waals surface area contributed by atoms with Gasteiger partial charge in [0.25, 0.3) is 0 Å². The standard InChI is InChI=1S/C24H20O/c1-2-3-6-18-9-11-19(12-10-18)13-14-20-15-16-22-21-7-4-5-8-23(21)25-24(22)17-20/h4-5,7-12,15-17H,2-3,6H2,1H3. The smallest absolute Gasteiger partial charge is 0.136 e. The number of para-hydroxylation sites is 1. The van der Waals surface area contributed by atoms with Gasteiger partial charge in [0.05, 0.1) is 0 Å². The summed E-state index contributed by atoms with van der Waals surface area (Å²) in [4.78, 5) is 0. The van der Waals surface area contributed by atoms with E-state index >= 15 is 0 Å². The maximum Gasteiger partial charge on any atom is 0.136 e. The zero-order valence-corrected chi connectivity index (χ0v) is 14.4. The first-order chi connectivity index (χ1) is 12.3. The van der Waals surface area contributed by atoms with Gasteiger partial charge in [-0.1, -0.05) is 55.5 Å². The van der Waals surface area contributed by atoms with Gasteiger partial charge in [-0.05, 0) is 54.8 Å². The van der Waals surface area contributed by atoms with Crippen LogP contribution < -0.4 is 0 Å². The third-order valence-electron chi connectivity index (χ3n) is 4.50. The first kappa shape index (κ1) is 15.5. The van der Waals surface area contributed by atoms with Gasteiger partial charge in [0.15, 0.2) is 0 Å². The van der Waals surface area contributed by atoms with Crippen LogP contribution in [0.15, 0.2) is 71.1 Å². The Morgan fingerprint density at radius 2 is 1.48 bits per heavy atom. The molecule has 0 unspecified atom stereocenters. The molecule has 0 aliphatic carbocycles. The Morgan fingerprint density at radius 3 is 2.32 bits per heavy atom. The lowest BCUT2D eigenvalue weighted by atomic mass is 10.1. The average molecular weight is 324 g/mol. The van der Waals surface area contributed by atoms with E-state index in [1.54, 1.807) is 0 Å². The van der Waals surface area contributed by atoms with E-state index < -0.39 is 0 Å². The topological polar surface area (TPSA) is 13.1 Å². The van der Waals surface area contributed by atoms with E-state index in [1.807, 2.05) is 24.3 Å². The molecule has 0 aliphatic heterocycles. The second-order valence-corrected chi connectivity index (χ2v) is 6.36. The summed E-state index contributed by atoms with van der Waals surface area (Å²) in [7, 11) is 0. The molecule has 0 spiro atoms. The zero-order valence-electron chi connectivity index (χ0n) is 14.4. The van der Waals surface area contributed by atoms with Crippen molar-refractivity contribution in [2.45, 2.75) is 26.2 Å². The fourth-order valence-electron chi connectivity index (χ4n) is 3.08. The van der Waals surface area contributed by atoms with Gasteiger partial charge in [-0.25, -0.2) is 0 Å². The van der Waals surface area contributed by atoms with Gasteiger partial charge in [0.2, 0.25) is 0 Å². The van der Waals surface area contributed by atoms with E-state index in [2.05, 4.69) is 61.2 Å². The SMILES string of the molecule is CCCCc1ccc(C#Cc2ccc3c(c2)oc2ccccc23)cc1. The normalized spacial score (nSPS) is 10.8. The fraction of sp³-hybridized carbons (Fsp3) is 0.167. The Labute approximate surface area is 148 Å². The molecule has 1 nitrogen and oxygen atoms in total. The third kappa shape index (κ3) is 3.30. The summed E-state index contributed by atoms with van der Waals surface area (Å²) in [6.45, 7) is 2.22. The minimum atomic E-state index is 0.892. The highest BCUT2D eigenvalue weighted by Gasteiger charge is 2.05. The van der Waals surface area contributed by atoms with Crippen LogP contribution in [0.1, 0.15) is 36.5 Å². The van der Waals surface area contributed by atoms with Crippen molar-refractivity contribution >= 4 is 21.9 Å². The number of hydrogen-bond acceptors (Lipinski definition) is 1. The molecule has 1 aromatic heterocycles. The Morgan fingerprint density at radius 1 is 0.760 bits per heavy atom. The monoisotopic (exact) mass is 324 g/mol. The summed E-state index contributed by atoms with van der Waals surface area (Å²) in [6.07, 6.45) is 3.61. The number of benzene rings is 3. The molecule has 4 aromatic rings. The van der Waals surface area contributed by atoms with Crippen molar-refractivity contribution in [2.75, 3.05) is 0 Å². The highest BCUT2D eigenvalue weighted by Crippen LogP contribution is 2.28. The molecule has 0 N–H and O–H groups in total. The highest BCUT2D eigenvalue weighted by atomic mass is 16.3. The van der Waals surface area contributed by atoms with E-state index in [0.29, 0.717) is 0 Å². The molecule has 0 amide bonds. The van der Waals surface area contributed by atoms with Gasteiger partial charge in [0, 0.05) is 21.9 Å². The van der Waals surface area contributed by atoms with Crippen molar-refractivity contribution < 1.29 is 4.42 Å². The molecule has 25 heavy (non-hydrogen) atoms. The molecular formula is C24H20O. The minimum Gasteiger partial charge on any atom is -0.456 e. The lowest BCUT2D eigenvalue weighted by molar-refractivity contribution is 0.669. The first-order valence-electron chi connectivity index (χ1n) is 8.86. The van der Waals surface area contributed by atoms with Crippen molar-refractivity contribution in [3.05, 3.63) is 83.4 Å². The van der Waals surface area contributed by atoms with Crippen LogP contribution in [0.25, 0.3) is 21.9 Å². The first-order valence-corrected chi connectivity index (χ1v) is 8.86. The predicted molar refractivity (Wildman–Crippen MR) is 105 cm³/mol. The molecule has 0 atom stereocenters. The Balaban J connectivity index is 1.60. The number of rotatable bonds is 3. The summed E-state index contributed by atoms with van der Waals surface area (Å²) in [6, 6.07) is 22.9. The van der Waals surface area contributed by atoms with Crippen LogP contribution in [0.3, 0.4) is 0 Å². The van der Waals surface area contributed by atoms with Crippen LogP contribution in [-0.4, -0.2) is 0 Å². The molecule has 0 saturated heterocycles. The van der Waals surface area contributed by atoms with Gasteiger partial charge in [-0.3, -0.25) is 0 Å². The van der Waals surface area contributed by atoms with Crippen molar-refractivity contribution in [2.24, 2.45) is 0 Å². The Kier molecular flexibility index (Phi) is 4.27. The largest absolute Gasteiger partial charge is 0.456 e. The molecule has 122 valence electrons. The van der Waals surface area contributed by atoms with Crippen LogP contribution in [0.2, 0.25) is 0 Å². The lowest BCUT2D eigenvalue weighted by Gasteiger charge is -1.99. The minimum absolute atomic E-state index is 0.892. The number of unbranched alkanes of at least 4 members (excludes halogenated alkanes) is 1. The maximum atomic E-state index is 5.93. The molecule has 1 heteroatoms. The maximum absolute atomic E-state index is 5.93. The second kappa shape index (κ2) is 6.87. The number of aryl methyl sites for hydroxylation is 1. The van der Waals surface area contributed by atoms with E-state index in [-0.39, 0.29) is 0 Å². The molecule has 0 fully saturated rings. The van der Waals surface area contributed by atoms with Gasteiger partial charge in [0.1, 0.15) is 11.2 Å². The molecule has 4 rings (SSSR count). The van der Waals surface area contributed by atoms with Crippen LogP contribution in [0.4, 0.5) is 0 Å². The average Bonchev–Trinajstić information content (AvgIpc) is 3.03. The summed E-state index contributed by atoms with van der Waals surface area (Å²) in [5.41, 5.74) is 5.22. The quantitative estimate of drug-likeness (QED) is 0.401. The number of fused-ring (bicyclic) bond motifs is 3. The van der Waals surface area contributed by atoms with Crippen molar-refractivity contribution in [3.8, 4) is 11.8 Å². The van der Waals surface area contributed by atoms with Gasteiger partial charge < -0.3 is 4.42 Å². The van der Waals surface area contributed by atoms with Gasteiger partial charge in [-0.15, -0.1) is 0 Å². The molecule has 3 aromatic carbocycles. The molecule has 0 saturated carbocycles. The van der Waals surface area contributed by atoms with Crippen LogP contribution in [0, 0.1) is 11.8 Å². The second-order valence-electron chi connectivity index (χ2n) is 6.36. The van der Waals surface area contributed by atoms with Crippen LogP contribution >= 0.6 is 0 Å². The highest BCUT2D eigenvalue weighted by molar-refractivity contribution is 6.05. The fourth-order valence-corrected chi connectivity index (χ4v) is 3.08. The van der Waals surface area contributed by atoms with Crippen molar-refractivity contribution in [1.82, 2.24) is 0 Å². The molecule has 0 radical (unpaired) electrons. The molecular weight excluding hydrogens is 304 g/mol. The summed E-state index contributed by atoms with van der Waals surface area (Å²) in [5.74, 6) is 6.50. The van der Waals surface area contributed by atoms with E-state index in [1.165, 1.54) is 18.4 Å². The number of furan rings is 1. The molecule has 0 aliphatic rings. The third-order valence-corrected chi connectivity index (χ3v) is 4.50. The van der Waals surface area contributed by atoms with Crippen molar-refractivity contribution in [3.63, 3.8) is 0 Å². The summed E-state index contributed by atoms with van der Waals surface area (Å²) < 4.78 is 5.93. The summed E-state index contributed by atoms with van der Waals surface area (Å²) in [5, 5.41) is 2.29. The van der Waals surface area contributed by atoms with E-state index in [4.69, 9.17) is 4.42 Å². The Bertz CT molecular complexity index is 1070. The molecule has 0 bridgehead atoms. The van der Waals surface area contributed by atoms with Crippen molar-refractivity contribution in [1.29, 1.82) is 0 Å². The van der Waals surface area contributed by atoms with Crippen LogP contribution in [0.5, 0.6) is 0 Å². The lowest BCUT2D eigenvalue weighted by Crippen LogP contribution is -1.84. The zero-order chi connectivity index (χ0) is 17.1. The Hall–Kier alpha value is -2.98. The van der Waals surface area contributed by atoms with Gasteiger partial charge >= 0.3 is 0 Å². The van der Waals surface area contributed by atoms with Crippen LogP contribution in [-0.2, 0) is 6.42 Å². The van der Waals surface area contributed by atoms with E-state index in [9.17, 15) is 0 Å². The molecule has 1 heterocycles. The summed E-state index contributed by atoms with van der Waals surface area (Å²) >= 11 is 0. The number of hydrogen-bond donors (Lipinski definition) is 0. The van der Waals surface area contributed by atoms with Gasteiger partial charge in [-0.2, -0.15) is 0 Å². The van der Waals surface area contributed by atoms with E-state index in [0.717, 1.165) is 39.5 Å².